The maximum atomic E-state index is 13.1. The quantitative estimate of drug-likeness (QED) is 0.793. The zero-order valence-electron chi connectivity index (χ0n) is 12.5. The van der Waals surface area contributed by atoms with Crippen molar-refractivity contribution < 1.29 is 14.3 Å². The number of rotatable bonds is 2. The molecule has 23 heavy (non-hydrogen) atoms. The summed E-state index contributed by atoms with van der Waals surface area (Å²) in [5.74, 6) is 1.22. The van der Waals surface area contributed by atoms with Crippen LogP contribution in [0.25, 0.3) is 0 Å². The number of likely N-dealkylation sites (tertiary alicyclic amines) is 1. The SMILES string of the molecule is O=C(c1cccc2c1OCO2)N1CCCC1c1cccc(Br)c1. The van der Waals surface area contributed by atoms with Gasteiger partial charge in [0.05, 0.1) is 11.6 Å². The first kappa shape index (κ1) is 14.6. The second-order valence-corrected chi connectivity index (χ2v) is 6.67. The van der Waals surface area contributed by atoms with Crippen LogP contribution in [-0.4, -0.2) is 24.1 Å². The van der Waals surface area contributed by atoms with Crippen LogP contribution in [0.3, 0.4) is 0 Å². The number of para-hydroxylation sites is 1. The lowest BCUT2D eigenvalue weighted by molar-refractivity contribution is 0.0731. The molecule has 5 heteroatoms. The number of hydrogen-bond acceptors (Lipinski definition) is 3. The van der Waals surface area contributed by atoms with E-state index in [-0.39, 0.29) is 18.7 Å². The largest absolute Gasteiger partial charge is 0.454 e. The van der Waals surface area contributed by atoms with Gasteiger partial charge in [-0.2, -0.15) is 0 Å². The van der Waals surface area contributed by atoms with E-state index in [1.807, 2.05) is 35.2 Å². The van der Waals surface area contributed by atoms with Gasteiger partial charge < -0.3 is 14.4 Å². The van der Waals surface area contributed by atoms with Gasteiger partial charge >= 0.3 is 0 Å². The highest BCUT2D eigenvalue weighted by Crippen LogP contribution is 2.39. The molecular formula is C18H16BrNO3. The molecule has 0 radical (unpaired) electrons. The number of carbonyl (C=O) groups is 1. The van der Waals surface area contributed by atoms with E-state index in [1.165, 1.54) is 0 Å². The van der Waals surface area contributed by atoms with E-state index in [0.717, 1.165) is 29.4 Å². The lowest BCUT2D eigenvalue weighted by Crippen LogP contribution is -2.30. The third-order valence-corrected chi connectivity index (χ3v) is 4.87. The van der Waals surface area contributed by atoms with Gasteiger partial charge in [0.2, 0.25) is 6.79 Å². The Morgan fingerprint density at radius 1 is 1.17 bits per heavy atom. The summed E-state index contributed by atoms with van der Waals surface area (Å²) in [6.07, 6.45) is 1.99. The highest BCUT2D eigenvalue weighted by Gasteiger charge is 2.33. The van der Waals surface area contributed by atoms with Crippen LogP contribution in [0.1, 0.15) is 34.8 Å². The minimum Gasteiger partial charge on any atom is -0.454 e. The van der Waals surface area contributed by atoms with Crippen LogP contribution in [0.5, 0.6) is 11.5 Å². The van der Waals surface area contributed by atoms with Gasteiger partial charge in [-0.05, 0) is 42.7 Å². The summed E-state index contributed by atoms with van der Waals surface area (Å²) in [4.78, 5) is 15.0. The number of benzene rings is 2. The zero-order valence-corrected chi connectivity index (χ0v) is 14.1. The highest BCUT2D eigenvalue weighted by molar-refractivity contribution is 9.10. The standard InChI is InChI=1S/C18H16BrNO3/c19-13-5-1-4-12(10-13)15-7-3-9-20(15)18(21)14-6-2-8-16-17(14)23-11-22-16/h1-2,4-6,8,10,15H,3,7,9,11H2. The van der Waals surface area contributed by atoms with Gasteiger partial charge in [-0.3, -0.25) is 4.79 Å². The molecule has 2 aliphatic heterocycles. The molecule has 4 rings (SSSR count). The van der Waals surface area contributed by atoms with E-state index in [4.69, 9.17) is 9.47 Å². The summed E-state index contributed by atoms with van der Waals surface area (Å²) in [5.41, 5.74) is 1.75. The summed E-state index contributed by atoms with van der Waals surface area (Å²) in [6, 6.07) is 13.8. The molecule has 118 valence electrons. The first-order valence-electron chi connectivity index (χ1n) is 7.69. The minimum atomic E-state index is 0.00910. The fourth-order valence-electron chi connectivity index (χ4n) is 3.32. The van der Waals surface area contributed by atoms with E-state index in [2.05, 4.69) is 28.1 Å². The van der Waals surface area contributed by atoms with Crippen LogP contribution in [0.4, 0.5) is 0 Å². The predicted octanol–water partition coefficient (Wildman–Crippen LogP) is 4.16. The van der Waals surface area contributed by atoms with E-state index >= 15 is 0 Å². The average molecular weight is 374 g/mol. The molecule has 0 aliphatic carbocycles. The van der Waals surface area contributed by atoms with E-state index in [9.17, 15) is 4.79 Å². The van der Waals surface area contributed by atoms with Crippen molar-refractivity contribution in [2.24, 2.45) is 0 Å². The lowest BCUT2D eigenvalue weighted by atomic mass is 10.0. The van der Waals surface area contributed by atoms with Crippen LogP contribution in [0, 0.1) is 0 Å². The second-order valence-electron chi connectivity index (χ2n) is 5.75. The van der Waals surface area contributed by atoms with Crippen LogP contribution in [0.2, 0.25) is 0 Å². The predicted molar refractivity (Wildman–Crippen MR) is 89.7 cm³/mol. The van der Waals surface area contributed by atoms with Gasteiger partial charge in [-0.1, -0.05) is 34.1 Å². The van der Waals surface area contributed by atoms with Crippen molar-refractivity contribution in [2.45, 2.75) is 18.9 Å². The molecule has 0 bridgehead atoms. The topological polar surface area (TPSA) is 38.8 Å². The molecule has 4 nitrogen and oxygen atoms in total. The Hall–Kier alpha value is -2.01. The Bertz CT molecular complexity index is 762. The van der Waals surface area contributed by atoms with Crippen molar-refractivity contribution in [3.05, 3.63) is 58.1 Å². The van der Waals surface area contributed by atoms with Crippen molar-refractivity contribution in [1.82, 2.24) is 4.90 Å². The maximum Gasteiger partial charge on any atom is 0.258 e. The van der Waals surface area contributed by atoms with Crippen molar-refractivity contribution in [3.8, 4) is 11.5 Å². The van der Waals surface area contributed by atoms with Crippen molar-refractivity contribution in [3.63, 3.8) is 0 Å². The summed E-state index contributed by atoms with van der Waals surface area (Å²) in [6.45, 7) is 0.940. The monoisotopic (exact) mass is 373 g/mol. The fourth-order valence-corrected chi connectivity index (χ4v) is 3.74. The molecule has 1 amide bonds. The normalized spacial score (nSPS) is 19.2. The molecule has 1 fully saturated rings. The van der Waals surface area contributed by atoms with Gasteiger partial charge in [0, 0.05) is 11.0 Å². The number of halogens is 1. The Morgan fingerprint density at radius 3 is 2.91 bits per heavy atom. The third kappa shape index (κ3) is 2.59. The second kappa shape index (κ2) is 5.89. The first-order chi connectivity index (χ1) is 11.2. The minimum absolute atomic E-state index is 0.00910. The molecule has 2 aromatic rings. The Morgan fingerprint density at radius 2 is 2.04 bits per heavy atom. The fraction of sp³-hybridized carbons (Fsp3) is 0.278. The molecule has 0 aromatic heterocycles. The van der Waals surface area contributed by atoms with Gasteiger partial charge in [0.15, 0.2) is 11.5 Å². The third-order valence-electron chi connectivity index (χ3n) is 4.37. The van der Waals surface area contributed by atoms with Crippen molar-refractivity contribution in [1.29, 1.82) is 0 Å². The number of carbonyl (C=O) groups excluding carboxylic acids is 1. The summed E-state index contributed by atoms with van der Waals surface area (Å²) in [7, 11) is 0. The molecule has 0 saturated carbocycles. The number of amides is 1. The van der Waals surface area contributed by atoms with Crippen LogP contribution in [0.15, 0.2) is 46.9 Å². The molecule has 0 N–H and O–H groups in total. The van der Waals surface area contributed by atoms with Gasteiger partial charge in [0.25, 0.3) is 5.91 Å². The lowest BCUT2D eigenvalue weighted by Gasteiger charge is -2.25. The molecule has 1 saturated heterocycles. The first-order valence-corrected chi connectivity index (χ1v) is 8.48. The van der Waals surface area contributed by atoms with E-state index in [0.29, 0.717) is 17.1 Å². The molecule has 2 aliphatic rings. The van der Waals surface area contributed by atoms with Crippen LogP contribution >= 0.6 is 15.9 Å². The van der Waals surface area contributed by atoms with Crippen molar-refractivity contribution >= 4 is 21.8 Å². The molecule has 1 unspecified atom stereocenters. The zero-order chi connectivity index (χ0) is 15.8. The average Bonchev–Trinajstić information content (AvgIpc) is 3.22. The maximum absolute atomic E-state index is 13.1. The summed E-state index contributed by atoms with van der Waals surface area (Å²) >= 11 is 3.51. The van der Waals surface area contributed by atoms with Gasteiger partial charge in [0.1, 0.15) is 0 Å². The highest BCUT2D eigenvalue weighted by atomic mass is 79.9. The van der Waals surface area contributed by atoms with Crippen LogP contribution < -0.4 is 9.47 Å². The Balaban J connectivity index is 1.67. The molecule has 0 spiro atoms. The Kier molecular flexibility index (Phi) is 3.73. The molecule has 2 aromatic carbocycles. The molecular weight excluding hydrogens is 358 g/mol. The molecule has 1 atom stereocenters. The summed E-state index contributed by atoms with van der Waals surface area (Å²) < 4.78 is 11.9. The van der Waals surface area contributed by atoms with Crippen molar-refractivity contribution in [2.75, 3.05) is 13.3 Å². The number of nitrogens with zero attached hydrogens (tertiary/aromatic N) is 1. The molecule has 2 heterocycles. The number of ether oxygens (including phenoxy) is 2. The Labute approximate surface area is 143 Å². The summed E-state index contributed by atoms with van der Waals surface area (Å²) in [5, 5.41) is 0. The number of hydrogen-bond donors (Lipinski definition) is 0. The van der Waals surface area contributed by atoms with Gasteiger partial charge in [-0.25, -0.2) is 0 Å². The van der Waals surface area contributed by atoms with Crippen LogP contribution in [-0.2, 0) is 0 Å². The van der Waals surface area contributed by atoms with E-state index in [1.54, 1.807) is 0 Å². The number of fused-ring (bicyclic) bond motifs is 1. The smallest absolute Gasteiger partial charge is 0.258 e. The van der Waals surface area contributed by atoms with E-state index < -0.39 is 0 Å². The van der Waals surface area contributed by atoms with Gasteiger partial charge in [-0.15, -0.1) is 0 Å².